The summed E-state index contributed by atoms with van der Waals surface area (Å²) in [4.78, 5) is 9.49. The summed E-state index contributed by atoms with van der Waals surface area (Å²) in [5.74, 6) is 0. The molecule has 2 nitrogen and oxygen atoms in total. The van der Waals surface area contributed by atoms with E-state index in [0.29, 0.717) is 0 Å². The Morgan fingerprint density at radius 3 is 1.67 bits per heavy atom. The largest absolute Gasteiger partial charge is 0.340 e. The molecule has 0 aromatic rings. The molecule has 0 amide bonds. The van der Waals surface area contributed by atoms with E-state index in [1.165, 1.54) is 0 Å². The fourth-order valence-electron chi connectivity index (χ4n) is 0.409. The van der Waals surface area contributed by atoms with Crippen molar-refractivity contribution in [1.29, 1.82) is 0 Å². The molecule has 0 heterocycles. The van der Waals surface area contributed by atoms with Gasteiger partial charge < -0.3 is 4.89 Å². The van der Waals surface area contributed by atoms with E-state index < -0.39 is 12.5 Å². The van der Waals surface area contributed by atoms with E-state index in [0.717, 1.165) is 0 Å². The highest BCUT2D eigenvalue weighted by Crippen LogP contribution is 2.63. The summed E-state index contributed by atoms with van der Waals surface area (Å²) >= 11 is 16.1. The lowest BCUT2D eigenvalue weighted by Gasteiger charge is -2.25. The van der Waals surface area contributed by atoms with E-state index in [9.17, 15) is 9.46 Å². The Hall–Kier alpha value is 0.800. The average molecular weight is 251 g/mol. The smallest absolute Gasteiger partial charge is 0.248 e. The zero-order valence-corrected chi connectivity index (χ0v) is 10.1. The van der Waals surface area contributed by atoms with Crippen LogP contribution in [0.5, 0.6) is 0 Å². The van der Waals surface area contributed by atoms with E-state index in [4.69, 9.17) is 34.8 Å². The van der Waals surface area contributed by atoms with E-state index >= 15 is 0 Å². The van der Waals surface area contributed by atoms with Gasteiger partial charge in [0.15, 0.2) is 0 Å². The SMILES string of the molecule is CC(C)(C)P(=O)(O)C(Cl)=C(Cl)Cl. The highest BCUT2D eigenvalue weighted by atomic mass is 35.5. The lowest BCUT2D eigenvalue weighted by atomic mass is 10.3. The first-order valence-electron chi connectivity index (χ1n) is 3.15. The lowest BCUT2D eigenvalue weighted by Crippen LogP contribution is -2.14. The Morgan fingerprint density at radius 2 is 1.58 bits per heavy atom. The first-order chi connectivity index (χ1) is 5.10. The van der Waals surface area contributed by atoms with Gasteiger partial charge in [-0.1, -0.05) is 55.6 Å². The molecule has 0 saturated carbocycles. The van der Waals surface area contributed by atoms with E-state index in [1.54, 1.807) is 20.8 Å². The van der Waals surface area contributed by atoms with Crippen LogP contribution < -0.4 is 0 Å². The van der Waals surface area contributed by atoms with Crippen LogP contribution in [0.15, 0.2) is 9.26 Å². The van der Waals surface area contributed by atoms with E-state index in [1.807, 2.05) is 0 Å². The second-order valence-electron chi connectivity index (χ2n) is 3.30. The van der Waals surface area contributed by atoms with Crippen molar-refractivity contribution in [3.05, 3.63) is 9.26 Å². The third-order valence-corrected chi connectivity index (χ3v) is 5.62. The standard InChI is InChI=1S/C6H10Cl3O2P/c1-6(2,3)12(10,11)5(9)4(7)8/h1-3H3,(H,10,11). The summed E-state index contributed by atoms with van der Waals surface area (Å²) < 4.78 is 10.9. The maximum absolute atomic E-state index is 11.6. The molecule has 0 aliphatic rings. The van der Waals surface area contributed by atoms with Crippen molar-refractivity contribution in [2.24, 2.45) is 0 Å². The predicted molar refractivity (Wildman–Crippen MR) is 54.2 cm³/mol. The molecule has 1 N–H and O–H groups in total. The minimum Gasteiger partial charge on any atom is -0.340 e. The Balaban J connectivity index is 5.17. The van der Waals surface area contributed by atoms with Crippen LogP contribution in [0.3, 0.4) is 0 Å². The topological polar surface area (TPSA) is 37.3 Å². The predicted octanol–water partition coefficient (Wildman–Crippen LogP) is 3.90. The molecule has 0 aliphatic heterocycles. The van der Waals surface area contributed by atoms with Gasteiger partial charge in [0.05, 0.1) is 0 Å². The molecular formula is C6H10Cl3O2P. The summed E-state index contributed by atoms with van der Waals surface area (Å²) in [6.45, 7) is 4.77. The first-order valence-corrected chi connectivity index (χ1v) is 5.94. The molecular weight excluding hydrogens is 241 g/mol. The molecule has 0 bridgehead atoms. The number of halogens is 3. The van der Waals surface area contributed by atoms with Crippen LogP contribution >= 0.6 is 42.2 Å². The first kappa shape index (κ1) is 12.8. The van der Waals surface area contributed by atoms with Gasteiger partial charge in [0.1, 0.15) is 9.26 Å². The van der Waals surface area contributed by atoms with Crippen molar-refractivity contribution in [3.8, 4) is 0 Å². The maximum Gasteiger partial charge on any atom is 0.248 e. The average Bonchev–Trinajstić information content (AvgIpc) is 1.83. The number of rotatable bonds is 1. The minimum absolute atomic E-state index is 0.350. The van der Waals surface area contributed by atoms with E-state index in [2.05, 4.69) is 0 Å². The summed E-state index contributed by atoms with van der Waals surface area (Å²) in [5, 5.41) is -0.848. The second kappa shape index (κ2) is 3.89. The van der Waals surface area contributed by atoms with Crippen LogP contribution in [0.1, 0.15) is 20.8 Å². The van der Waals surface area contributed by atoms with Crippen LogP contribution in [-0.2, 0) is 4.57 Å². The van der Waals surface area contributed by atoms with Crippen molar-refractivity contribution >= 4 is 42.2 Å². The van der Waals surface area contributed by atoms with Crippen LogP contribution in [0.2, 0.25) is 0 Å². The molecule has 0 aromatic heterocycles. The normalized spacial score (nSPS) is 16.9. The summed E-state index contributed by atoms with van der Waals surface area (Å²) in [7, 11) is -3.64. The maximum atomic E-state index is 11.6. The quantitative estimate of drug-likeness (QED) is 0.718. The van der Waals surface area contributed by atoms with Gasteiger partial charge in [-0.05, 0) is 0 Å². The summed E-state index contributed by atoms with van der Waals surface area (Å²) in [6.07, 6.45) is 0. The summed E-state index contributed by atoms with van der Waals surface area (Å²) in [6, 6.07) is 0. The fourth-order valence-corrected chi connectivity index (χ4v) is 2.68. The molecule has 6 heteroatoms. The van der Waals surface area contributed by atoms with Gasteiger partial charge in [-0.25, -0.2) is 0 Å². The molecule has 72 valence electrons. The molecule has 12 heavy (non-hydrogen) atoms. The van der Waals surface area contributed by atoms with Gasteiger partial charge in [-0.2, -0.15) is 0 Å². The van der Waals surface area contributed by atoms with Gasteiger partial charge in [0, 0.05) is 5.16 Å². The van der Waals surface area contributed by atoms with Crippen LogP contribution in [0.25, 0.3) is 0 Å². The Morgan fingerprint density at radius 1 is 1.25 bits per heavy atom. The van der Waals surface area contributed by atoms with Gasteiger partial charge >= 0.3 is 0 Å². The monoisotopic (exact) mass is 250 g/mol. The number of hydrogen-bond acceptors (Lipinski definition) is 1. The van der Waals surface area contributed by atoms with Gasteiger partial charge in [0.2, 0.25) is 7.37 Å². The Bertz CT molecular complexity index is 250. The van der Waals surface area contributed by atoms with Crippen LogP contribution in [0.4, 0.5) is 0 Å². The highest BCUT2D eigenvalue weighted by Gasteiger charge is 2.39. The molecule has 0 aromatic carbocycles. The van der Waals surface area contributed by atoms with Crippen molar-refractivity contribution in [2.45, 2.75) is 25.9 Å². The molecule has 0 fully saturated rings. The zero-order chi connectivity index (χ0) is 10.2. The molecule has 0 rings (SSSR count). The van der Waals surface area contributed by atoms with E-state index in [-0.39, 0.29) is 9.26 Å². The zero-order valence-electron chi connectivity index (χ0n) is 6.94. The van der Waals surface area contributed by atoms with Crippen molar-refractivity contribution in [1.82, 2.24) is 0 Å². The lowest BCUT2D eigenvalue weighted by molar-refractivity contribution is 0.455. The van der Waals surface area contributed by atoms with Crippen LogP contribution in [0, 0.1) is 0 Å². The molecule has 0 radical (unpaired) electrons. The van der Waals surface area contributed by atoms with Crippen molar-refractivity contribution in [2.75, 3.05) is 0 Å². The Kier molecular flexibility index (Phi) is 4.15. The molecule has 1 atom stereocenters. The molecule has 1 unspecified atom stereocenters. The fraction of sp³-hybridized carbons (Fsp3) is 0.667. The van der Waals surface area contributed by atoms with Gasteiger partial charge in [0.25, 0.3) is 0 Å². The van der Waals surface area contributed by atoms with Crippen molar-refractivity contribution in [3.63, 3.8) is 0 Å². The van der Waals surface area contributed by atoms with Gasteiger partial charge in [-0.15, -0.1) is 0 Å². The van der Waals surface area contributed by atoms with Crippen LogP contribution in [-0.4, -0.2) is 10.0 Å². The third-order valence-electron chi connectivity index (χ3n) is 1.33. The van der Waals surface area contributed by atoms with Crippen molar-refractivity contribution < 1.29 is 9.46 Å². The highest BCUT2D eigenvalue weighted by molar-refractivity contribution is 7.66. The molecule has 0 aliphatic carbocycles. The molecule has 0 spiro atoms. The Labute approximate surface area is 87.0 Å². The summed E-state index contributed by atoms with van der Waals surface area (Å²) in [5.41, 5.74) is 0. The minimum atomic E-state index is -3.64. The van der Waals surface area contributed by atoms with Gasteiger partial charge in [-0.3, -0.25) is 4.57 Å². The third kappa shape index (κ3) is 2.65. The number of hydrogen-bond donors (Lipinski definition) is 1. The second-order valence-corrected chi connectivity index (χ2v) is 7.83. The molecule has 0 saturated heterocycles.